The van der Waals surface area contributed by atoms with Gasteiger partial charge in [-0.25, -0.2) is 4.98 Å². The van der Waals surface area contributed by atoms with E-state index < -0.39 is 5.97 Å². The average Bonchev–Trinajstić information content (AvgIpc) is 3.24. The van der Waals surface area contributed by atoms with Gasteiger partial charge in [-0.3, -0.25) is 9.59 Å². The fourth-order valence-corrected chi connectivity index (χ4v) is 4.75. The van der Waals surface area contributed by atoms with Crippen molar-refractivity contribution < 1.29 is 14.6 Å². The van der Waals surface area contributed by atoms with Crippen LogP contribution in [0.4, 0.5) is 0 Å². The average molecular weight is 509 g/mol. The number of carbonyl (C=O) groups is 1. The molecule has 38 heavy (non-hydrogen) atoms. The van der Waals surface area contributed by atoms with Crippen LogP contribution >= 0.6 is 0 Å². The Morgan fingerprint density at radius 1 is 1.11 bits per heavy atom. The molecule has 192 valence electrons. The van der Waals surface area contributed by atoms with Crippen LogP contribution in [0, 0.1) is 6.92 Å². The number of aromatic nitrogens is 3. The second-order valence-corrected chi connectivity index (χ2v) is 9.50. The molecule has 0 aliphatic heterocycles. The Morgan fingerprint density at radius 3 is 2.53 bits per heavy atom. The van der Waals surface area contributed by atoms with Crippen LogP contribution in [-0.4, -0.2) is 38.6 Å². The monoisotopic (exact) mass is 508 g/mol. The molecule has 2 heterocycles. The van der Waals surface area contributed by atoms with Gasteiger partial charge < -0.3 is 14.4 Å². The lowest BCUT2D eigenvalue weighted by Crippen LogP contribution is -2.20. The number of carboxylic acids is 1. The highest BCUT2D eigenvalue weighted by atomic mass is 16.5. The number of rotatable bonds is 7. The molecule has 1 N–H and O–H groups in total. The van der Waals surface area contributed by atoms with E-state index in [1.165, 1.54) is 4.68 Å². The van der Waals surface area contributed by atoms with Crippen LogP contribution in [0.5, 0.6) is 5.75 Å². The number of benzene rings is 3. The van der Waals surface area contributed by atoms with Crippen molar-refractivity contribution in [3.8, 4) is 17.1 Å². The molecule has 0 aliphatic rings. The summed E-state index contributed by atoms with van der Waals surface area (Å²) in [5.41, 5.74) is 4.44. The van der Waals surface area contributed by atoms with E-state index in [-0.39, 0.29) is 18.0 Å². The standard InChI is InChI=1S/C30H28N4O4/c1-18(2)23-14-24(19(3)13-27(23)38-4)29-32-25-11-7-5-10-22(25)30(37)34(29)31-15-20-16-33(17-28(35)36)26-12-8-6-9-21(20)26/h5-16,18H,17H2,1-4H3,(H,35,36). The van der Waals surface area contributed by atoms with Crippen LogP contribution in [0.2, 0.25) is 0 Å². The lowest BCUT2D eigenvalue weighted by atomic mass is 9.96. The molecule has 0 saturated carbocycles. The third-order valence-electron chi connectivity index (χ3n) is 6.63. The summed E-state index contributed by atoms with van der Waals surface area (Å²) < 4.78 is 8.60. The molecule has 0 amide bonds. The predicted octanol–water partition coefficient (Wildman–Crippen LogP) is 5.43. The van der Waals surface area contributed by atoms with E-state index in [2.05, 4.69) is 18.9 Å². The van der Waals surface area contributed by atoms with Crippen LogP contribution in [0.3, 0.4) is 0 Å². The van der Waals surface area contributed by atoms with Crippen LogP contribution in [0.1, 0.15) is 36.5 Å². The minimum absolute atomic E-state index is 0.180. The van der Waals surface area contributed by atoms with Gasteiger partial charge in [0.15, 0.2) is 5.82 Å². The number of ether oxygens (including phenoxy) is 1. The Bertz CT molecular complexity index is 1780. The molecular weight excluding hydrogens is 480 g/mol. The number of hydrogen-bond donors (Lipinski definition) is 1. The van der Waals surface area contributed by atoms with Gasteiger partial charge in [0.1, 0.15) is 12.3 Å². The number of hydrogen-bond acceptors (Lipinski definition) is 5. The highest BCUT2D eigenvalue weighted by Crippen LogP contribution is 2.34. The van der Waals surface area contributed by atoms with Gasteiger partial charge in [-0.1, -0.05) is 44.2 Å². The number of para-hydroxylation sites is 2. The van der Waals surface area contributed by atoms with E-state index in [1.54, 1.807) is 36.2 Å². The largest absolute Gasteiger partial charge is 0.496 e. The second-order valence-electron chi connectivity index (χ2n) is 9.50. The minimum Gasteiger partial charge on any atom is -0.496 e. The van der Waals surface area contributed by atoms with Crippen LogP contribution in [-0.2, 0) is 11.3 Å². The lowest BCUT2D eigenvalue weighted by Gasteiger charge is -2.17. The molecule has 0 bridgehead atoms. The summed E-state index contributed by atoms with van der Waals surface area (Å²) in [6.45, 7) is 5.95. The zero-order valence-electron chi connectivity index (χ0n) is 21.7. The van der Waals surface area contributed by atoms with Crippen molar-refractivity contribution in [3.63, 3.8) is 0 Å². The molecule has 0 saturated heterocycles. The maximum Gasteiger partial charge on any atom is 0.323 e. The zero-order chi connectivity index (χ0) is 27.0. The number of aliphatic carboxylic acids is 1. The molecule has 0 atom stereocenters. The molecule has 2 aromatic heterocycles. The SMILES string of the molecule is COc1cc(C)c(-c2nc3ccccc3c(=O)n2N=Cc2cn(CC(=O)O)c3ccccc23)cc1C(C)C. The molecule has 0 spiro atoms. The van der Waals surface area contributed by atoms with E-state index in [1.807, 2.05) is 55.5 Å². The van der Waals surface area contributed by atoms with E-state index in [0.29, 0.717) is 22.3 Å². The number of fused-ring (bicyclic) bond motifs is 2. The molecule has 5 rings (SSSR count). The first-order chi connectivity index (χ1) is 18.3. The molecule has 0 fully saturated rings. The highest BCUT2D eigenvalue weighted by Gasteiger charge is 2.18. The maximum atomic E-state index is 13.7. The maximum absolute atomic E-state index is 13.7. The van der Waals surface area contributed by atoms with Gasteiger partial charge in [-0.15, -0.1) is 0 Å². The van der Waals surface area contributed by atoms with Crippen molar-refractivity contribution in [2.75, 3.05) is 7.11 Å². The molecule has 8 nitrogen and oxygen atoms in total. The van der Waals surface area contributed by atoms with Crippen molar-refractivity contribution in [3.05, 3.63) is 93.9 Å². The van der Waals surface area contributed by atoms with Crippen molar-refractivity contribution in [2.45, 2.75) is 33.2 Å². The number of aryl methyl sites for hydroxylation is 1. The van der Waals surface area contributed by atoms with Crippen molar-refractivity contribution >= 4 is 34.0 Å². The van der Waals surface area contributed by atoms with Gasteiger partial charge >= 0.3 is 5.97 Å². The first-order valence-corrected chi connectivity index (χ1v) is 12.3. The van der Waals surface area contributed by atoms with Crippen molar-refractivity contribution in [1.82, 2.24) is 14.2 Å². The highest BCUT2D eigenvalue weighted by molar-refractivity contribution is 6.00. The van der Waals surface area contributed by atoms with Gasteiger partial charge in [0.25, 0.3) is 5.56 Å². The summed E-state index contributed by atoms with van der Waals surface area (Å²) >= 11 is 0. The summed E-state index contributed by atoms with van der Waals surface area (Å²) in [4.78, 5) is 30.0. The third-order valence-corrected chi connectivity index (χ3v) is 6.63. The van der Waals surface area contributed by atoms with E-state index >= 15 is 0 Å². The second kappa shape index (κ2) is 9.97. The number of nitrogens with zero attached hydrogens (tertiary/aromatic N) is 4. The lowest BCUT2D eigenvalue weighted by molar-refractivity contribution is -0.137. The summed E-state index contributed by atoms with van der Waals surface area (Å²) in [6.07, 6.45) is 3.32. The minimum atomic E-state index is -0.942. The van der Waals surface area contributed by atoms with E-state index in [0.717, 1.165) is 33.3 Å². The van der Waals surface area contributed by atoms with Crippen molar-refractivity contribution in [2.24, 2.45) is 5.10 Å². The number of carboxylic acid groups (broad SMARTS) is 1. The Hall–Kier alpha value is -4.72. The fourth-order valence-electron chi connectivity index (χ4n) is 4.75. The van der Waals surface area contributed by atoms with Gasteiger partial charge in [0, 0.05) is 28.2 Å². The Balaban J connectivity index is 1.75. The Morgan fingerprint density at radius 2 is 1.82 bits per heavy atom. The first kappa shape index (κ1) is 25.0. The van der Waals surface area contributed by atoms with E-state index in [4.69, 9.17) is 9.72 Å². The molecule has 0 unspecified atom stereocenters. The first-order valence-electron chi connectivity index (χ1n) is 12.3. The third kappa shape index (κ3) is 4.45. The van der Waals surface area contributed by atoms with Gasteiger partial charge in [0.05, 0.1) is 24.2 Å². The Kier molecular flexibility index (Phi) is 6.55. The molecule has 0 aliphatic carbocycles. The molecule has 3 aromatic carbocycles. The predicted molar refractivity (Wildman–Crippen MR) is 149 cm³/mol. The summed E-state index contributed by atoms with van der Waals surface area (Å²) in [5.74, 6) is 0.447. The zero-order valence-corrected chi connectivity index (χ0v) is 21.7. The van der Waals surface area contributed by atoms with Gasteiger partial charge in [-0.05, 0) is 54.3 Å². The van der Waals surface area contributed by atoms with E-state index in [9.17, 15) is 14.7 Å². The topological polar surface area (TPSA) is 98.7 Å². The fraction of sp³-hybridized carbons (Fsp3) is 0.200. The van der Waals surface area contributed by atoms with Crippen LogP contribution in [0.25, 0.3) is 33.2 Å². The molecule has 8 heteroatoms. The summed E-state index contributed by atoms with van der Waals surface area (Å²) in [7, 11) is 1.65. The Labute approximate surface area is 219 Å². The number of methoxy groups -OCH3 is 1. The molecule has 5 aromatic rings. The van der Waals surface area contributed by atoms with Gasteiger partial charge in [-0.2, -0.15) is 9.78 Å². The van der Waals surface area contributed by atoms with Gasteiger partial charge in [0.2, 0.25) is 0 Å². The van der Waals surface area contributed by atoms with Crippen LogP contribution in [0.15, 0.2) is 76.8 Å². The van der Waals surface area contributed by atoms with Crippen molar-refractivity contribution in [1.29, 1.82) is 0 Å². The summed E-state index contributed by atoms with van der Waals surface area (Å²) in [6, 6.07) is 18.7. The quantitative estimate of drug-likeness (QED) is 0.296. The molecule has 0 radical (unpaired) electrons. The summed E-state index contributed by atoms with van der Waals surface area (Å²) in [5, 5.41) is 15.3. The normalized spacial score (nSPS) is 11.7. The van der Waals surface area contributed by atoms with Crippen LogP contribution < -0.4 is 10.3 Å². The smallest absolute Gasteiger partial charge is 0.323 e. The molecular formula is C30H28N4O4.